The van der Waals surface area contributed by atoms with E-state index in [4.69, 9.17) is 17.0 Å². The molecule has 6 rings (SSSR count). The first kappa shape index (κ1) is 45.4. The maximum absolute atomic E-state index is 13.9. The molecule has 3 amide bonds. The van der Waals surface area contributed by atoms with Crippen LogP contribution in [0, 0.1) is 24.2 Å². The Labute approximate surface area is 360 Å². The number of benzene rings is 3. The smallest absolute Gasteiger partial charge is 0.417 e. The van der Waals surface area contributed by atoms with Gasteiger partial charge < -0.3 is 9.64 Å². The highest BCUT2D eigenvalue weighted by molar-refractivity contribution is 7.81. The third-order valence-electron chi connectivity index (χ3n) is 12.0. The molecule has 3 aliphatic heterocycles. The van der Waals surface area contributed by atoms with Gasteiger partial charge in [0.2, 0.25) is 11.8 Å². The van der Waals surface area contributed by atoms with Crippen LogP contribution in [-0.4, -0.2) is 88.8 Å². The molecular formula is C46H53F3N6O5S. The fraction of sp³-hybridized carbons (Fsp3) is 0.478. The number of carbonyl (C=O) groups is 4. The predicted octanol–water partition coefficient (Wildman–Crippen LogP) is 7.11. The van der Waals surface area contributed by atoms with Crippen molar-refractivity contribution in [3.8, 4) is 11.8 Å². The van der Waals surface area contributed by atoms with Gasteiger partial charge in [0.25, 0.3) is 5.91 Å². The largest absolute Gasteiger partial charge is 0.492 e. The highest BCUT2D eigenvalue weighted by Crippen LogP contribution is 2.43. The molecule has 0 aliphatic carbocycles. The van der Waals surface area contributed by atoms with E-state index in [1.54, 1.807) is 24.8 Å². The van der Waals surface area contributed by atoms with Crippen LogP contribution >= 0.6 is 12.2 Å². The molecule has 3 atom stereocenters. The number of thiocarbonyl (C=S) groups is 1. The van der Waals surface area contributed by atoms with Crippen LogP contribution in [0.4, 0.5) is 24.5 Å². The molecule has 11 nitrogen and oxygen atoms in total. The maximum atomic E-state index is 13.9. The van der Waals surface area contributed by atoms with Crippen molar-refractivity contribution in [2.75, 3.05) is 42.6 Å². The van der Waals surface area contributed by atoms with Crippen molar-refractivity contribution in [1.29, 1.82) is 5.26 Å². The van der Waals surface area contributed by atoms with E-state index in [1.807, 2.05) is 57.2 Å². The fourth-order valence-electron chi connectivity index (χ4n) is 8.75. The zero-order valence-electron chi connectivity index (χ0n) is 35.7. The standard InChI is InChI=1S/C46H53F3N6O5S/c1-27(2)37-22-39(55-44(61)54(43(59)45(55,6)7)35-13-11-34(23-50)38(21-35)46(47,48)49)28(3)17-40(37)60-16-15-52-24-29(4)53(30(5)25-52)26-36(56)20-32-10-8-9-31(18-32)19-33-12-14-41(57)51-42(33)58/h8-11,13,17-18,21-22,27,29-30,33H,12,14-16,19-20,24-26H2,1-7H3,(H,51,57,58)/t29-,30+,33?. The molecule has 3 fully saturated rings. The van der Waals surface area contributed by atoms with Crippen molar-refractivity contribution in [3.63, 3.8) is 0 Å². The second-order valence-corrected chi connectivity index (χ2v) is 17.7. The number of nitrogens with zero attached hydrogens (tertiary/aromatic N) is 5. The Morgan fingerprint density at radius 3 is 2.36 bits per heavy atom. The molecule has 1 unspecified atom stereocenters. The quantitative estimate of drug-likeness (QED) is 0.141. The van der Waals surface area contributed by atoms with Crippen molar-refractivity contribution >= 4 is 52.2 Å². The third-order valence-corrected chi connectivity index (χ3v) is 12.3. The summed E-state index contributed by atoms with van der Waals surface area (Å²) in [6.07, 6.45) is -3.12. The summed E-state index contributed by atoms with van der Waals surface area (Å²) < 4.78 is 48.1. The van der Waals surface area contributed by atoms with Gasteiger partial charge >= 0.3 is 6.18 Å². The summed E-state index contributed by atoms with van der Waals surface area (Å²) in [5, 5.41) is 11.7. The van der Waals surface area contributed by atoms with E-state index in [9.17, 15) is 37.6 Å². The summed E-state index contributed by atoms with van der Waals surface area (Å²) in [6, 6.07) is 16.6. The number of nitrogens with one attached hydrogen (secondary N) is 1. The lowest BCUT2D eigenvalue weighted by molar-refractivity contribution is -0.138. The normalized spacial score (nSPS) is 21.2. The zero-order chi connectivity index (χ0) is 44.6. The summed E-state index contributed by atoms with van der Waals surface area (Å²) in [5.41, 5.74) is 1.17. The molecule has 3 heterocycles. The molecule has 0 aromatic heterocycles. The van der Waals surface area contributed by atoms with Crippen molar-refractivity contribution < 1.29 is 37.1 Å². The number of rotatable bonds is 13. The summed E-state index contributed by atoms with van der Waals surface area (Å²) in [4.78, 5) is 58.4. The molecule has 0 spiro atoms. The highest BCUT2D eigenvalue weighted by Gasteiger charge is 2.51. The molecular weight excluding hydrogens is 806 g/mol. The molecule has 3 aliphatic rings. The van der Waals surface area contributed by atoms with Gasteiger partial charge in [0.15, 0.2) is 10.9 Å². The molecule has 3 saturated heterocycles. The van der Waals surface area contributed by atoms with Crippen LogP contribution in [0.3, 0.4) is 0 Å². The number of Topliss-reactive ketones (excluding diaryl/α,β-unsaturated/α-hetero) is 1. The lowest BCUT2D eigenvalue weighted by Crippen LogP contribution is -2.58. The van der Waals surface area contributed by atoms with Crippen LogP contribution in [-0.2, 0) is 38.2 Å². The topological polar surface area (TPSA) is 126 Å². The number of hydrogen-bond acceptors (Lipinski definition) is 9. The molecule has 3 aromatic rings. The minimum Gasteiger partial charge on any atom is -0.492 e. The SMILES string of the molecule is Cc1cc(OCCN2C[C@@H](C)N(CC(=O)Cc3cccc(CC4CCC(=O)NC4=O)c3)[C@@H](C)C2)c(C(C)C)cc1N1C(=S)N(c2ccc(C#N)c(C(F)(F)F)c2)C(=O)C1(C)C. The van der Waals surface area contributed by atoms with Gasteiger partial charge in [-0.05, 0) is 118 Å². The number of piperazine rings is 1. The number of piperidine rings is 1. The molecule has 324 valence electrons. The number of alkyl halides is 3. The summed E-state index contributed by atoms with van der Waals surface area (Å²) in [5.74, 6) is -0.398. The van der Waals surface area contributed by atoms with Gasteiger partial charge in [0, 0.05) is 56.2 Å². The number of hydrogen-bond donors (Lipinski definition) is 1. The third kappa shape index (κ3) is 9.82. The number of ether oxygens (including phenoxy) is 1. The van der Waals surface area contributed by atoms with E-state index in [0.717, 1.165) is 52.4 Å². The van der Waals surface area contributed by atoms with E-state index in [0.29, 0.717) is 56.8 Å². The first-order valence-electron chi connectivity index (χ1n) is 20.7. The Morgan fingerprint density at radius 2 is 1.72 bits per heavy atom. The molecule has 15 heteroatoms. The van der Waals surface area contributed by atoms with Crippen LogP contribution < -0.4 is 19.9 Å². The Morgan fingerprint density at radius 1 is 1.03 bits per heavy atom. The van der Waals surface area contributed by atoms with Gasteiger partial charge in [-0.25, -0.2) is 0 Å². The van der Waals surface area contributed by atoms with Crippen LogP contribution in [0.25, 0.3) is 0 Å². The number of imide groups is 1. The van der Waals surface area contributed by atoms with Crippen LogP contribution in [0.1, 0.15) is 93.7 Å². The van der Waals surface area contributed by atoms with Crippen molar-refractivity contribution in [2.24, 2.45) is 5.92 Å². The first-order valence-corrected chi connectivity index (χ1v) is 21.1. The van der Waals surface area contributed by atoms with E-state index in [1.165, 1.54) is 6.07 Å². The molecule has 0 saturated carbocycles. The Hall–Kier alpha value is -5.17. The van der Waals surface area contributed by atoms with Gasteiger partial charge in [-0.2, -0.15) is 18.4 Å². The van der Waals surface area contributed by atoms with Gasteiger partial charge in [0.05, 0.1) is 29.4 Å². The second kappa shape index (κ2) is 18.0. The minimum atomic E-state index is -4.80. The number of aryl methyl sites for hydroxylation is 1. The van der Waals surface area contributed by atoms with Crippen molar-refractivity contribution in [1.82, 2.24) is 15.1 Å². The summed E-state index contributed by atoms with van der Waals surface area (Å²) >= 11 is 5.82. The van der Waals surface area contributed by atoms with Crippen LogP contribution in [0.15, 0.2) is 54.6 Å². The van der Waals surface area contributed by atoms with Gasteiger partial charge in [0.1, 0.15) is 17.9 Å². The Balaban J connectivity index is 1.07. The van der Waals surface area contributed by atoms with Crippen molar-refractivity contribution in [2.45, 2.75) is 104 Å². The average molecular weight is 859 g/mol. The zero-order valence-corrected chi connectivity index (χ0v) is 36.5. The predicted molar refractivity (Wildman–Crippen MR) is 230 cm³/mol. The van der Waals surface area contributed by atoms with E-state index < -0.39 is 28.7 Å². The fourth-order valence-corrected chi connectivity index (χ4v) is 9.27. The molecule has 1 N–H and O–H groups in total. The number of amides is 3. The van der Waals surface area contributed by atoms with Crippen LogP contribution in [0.5, 0.6) is 5.75 Å². The first-order chi connectivity index (χ1) is 28.7. The molecule has 61 heavy (non-hydrogen) atoms. The monoisotopic (exact) mass is 858 g/mol. The lowest BCUT2D eigenvalue weighted by Gasteiger charge is -2.44. The van der Waals surface area contributed by atoms with Gasteiger partial charge in [-0.15, -0.1) is 0 Å². The van der Waals surface area contributed by atoms with Gasteiger partial charge in [-0.3, -0.25) is 39.2 Å². The number of nitriles is 1. The maximum Gasteiger partial charge on any atom is 0.417 e. The van der Waals surface area contributed by atoms with E-state index in [-0.39, 0.29) is 52.3 Å². The number of anilines is 2. The molecule has 0 radical (unpaired) electrons. The van der Waals surface area contributed by atoms with E-state index >= 15 is 0 Å². The Kier molecular flexibility index (Phi) is 13.4. The summed E-state index contributed by atoms with van der Waals surface area (Å²) in [6.45, 7) is 16.5. The highest BCUT2D eigenvalue weighted by atomic mass is 32.1. The molecule has 0 bridgehead atoms. The number of carbonyl (C=O) groups excluding carboxylic acids is 4. The number of ketones is 1. The van der Waals surface area contributed by atoms with Crippen molar-refractivity contribution in [3.05, 3.63) is 88.0 Å². The van der Waals surface area contributed by atoms with E-state index in [2.05, 4.69) is 29.0 Å². The van der Waals surface area contributed by atoms with Gasteiger partial charge in [-0.1, -0.05) is 38.1 Å². The Bertz CT molecular complexity index is 2260. The minimum absolute atomic E-state index is 0.0160. The summed E-state index contributed by atoms with van der Waals surface area (Å²) in [7, 11) is 0. The number of halogens is 3. The average Bonchev–Trinajstić information content (AvgIpc) is 3.35. The molecule has 3 aromatic carbocycles. The van der Waals surface area contributed by atoms with Crippen LogP contribution in [0.2, 0.25) is 0 Å². The second-order valence-electron chi connectivity index (χ2n) is 17.4. The lowest BCUT2D eigenvalue weighted by atomic mass is 9.90.